The lowest BCUT2D eigenvalue weighted by atomic mass is 10.8. The molecule has 0 fully saturated rings. The van der Waals surface area contributed by atoms with Gasteiger partial charge in [0.15, 0.2) is 0 Å². The highest BCUT2D eigenvalue weighted by atomic mass is 35.5. The molecule has 0 aliphatic rings. The summed E-state index contributed by atoms with van der Waals surface area (Å²) >= 11 is 0. The number of halogens is 1. The van der Waals surface area contributed by atoms with Crippen molar-refractivity contribution in [3.05, 3.63) is 18.5 Å². The Morgan fingerprint density at radius 3 is 2.62 bits per heavy atom. The second kappa shape index (κ2) is 3.46. The molecule has 0 aliphatic heterocycles. The summed E-state index contributed by atoms with van der Waals surface area (Å²) in [5.74, 6) is 0. The lowest BCUT2D eigenvalue weighted by Crippen LogP contribution is -2.06. The Labute approximate surface area is 53.9 Å². The molecule has 0 saturated heterocycles. The zero-order chi connectivity index (χ0) is 5.11. The summed E-state index contributed by atoms with van der Waals surface area (Å²) in [4.78, 5) is 0. The van der Waals surface area contributed by atoms with Gasteiger partial charge in [0.05, 0.1) is 6.67 Å². The largest absolute Gasteiger partial charge is 0.312 e. The molecule has 4 heteroatoms. The third-order valence-electron chi connectivity index (χ3n) is 0.746. The van der Waals surface area contributed by atoms with Crippen molar-refractivity contribution in [1.29, 1.82) is 0 Å². The van der Waals surface area contributed by atoms with E-state index in [9.17, 15) is 0 Å². The van der Waals surface area contributed by atoms with Crippen LogP contribution in [0.15, 0.2) is 18.5 Å². The van der Waals surface area contributed by atoms with E-state index < -0.39 is 0 Å². The molecule has 1 aromatic heterocycles. The summed E-state index contributed by atoms with van der Waals surface area (Å²) in [7, 11) is 0. The minimum atomic E-state index is 0. The Morgan fingerprint density at radius 1 is 1.62 bits per heavy atom. The van der Waals surface area contributed by atoms with E-state index in [0.29, 0.717) is 6.67 Å². The SMILES string of the molecule is Cl.NCn1cccn1. The van der Waals surface area contributed by atoms with Crippen molar-refractivity contribution in [1.82, 2.24) is 9.78 Å². The smallest absolute Gasteiger partial charge is 0.0878 e. The fourth-order valence-corrected chi connectivity index (χ4v) is 0.408. The van der Waals surface area contributed by atoms with E-state index in [0.717, 1.165) is 0 Å². The highest BCUT2D eigenvalue weighted by Crippen LogP contribution is 1.76. The van der Waals surface area contributed by atoms with Crippen molar-refractivity contribution < 1.29 is 0 Å². The van der Waals surface area contributed by atoms with Gasteiger partial charge in [-0.1, -0.05) is 0 Å². The molecule has 8 heavy (non-hydrogen) atoms. The first kappa shape index (κ1) is 7.46. The van der Waals surface area contributed by atoms with E-state index >= 15 is 0 Å². The van der Waals surface area contributed by atoms with E-state index in [4.69, 9.17) is 5.73 Å². The Hall–Kier alpha value is -0.540. The van der Waals surface area contributed by atoms with Crippen molar-refractivity contribution >= 4 is 12.4 Å². The first-order valence-electron chi connectivity index (χ1n) is 2.11. The van der Waals surface area contributed by atoms with Gasteiger partial charge < -0.3 is 5.73 Å². The van der Waals surface area contributed by atoms with Crippen LogP contribution in [0.1, 0.15) is 0 Å². The molecule has 0 unspecified atom stereocenters. The third-order valence-corrected chi connectivity index (χ3v) is 0.746. The number of rotatable bonds is 1. The fraction of sp³-hybridized carbons (Fsp3) is 0.250. The van der Waals surface area contributed by atoms with Crippen molar-refractivity contribution in [3.63, 3.8) is 0 Å². The predicted molar refractivity (Wildman–Crippen MR) is 33.7 cm³/mol. The molecule has 46 valence electrons. The maximum Gasteiger partial charge on any atom is 0.0878 e. The Kier molecular flexibility index (Phi) is 3.23. The summed E-state index contributed by atoms with van der Waals surface area (Å²) in [6.45, 7) is 0.465. The average Bonchev–Trinajstić information content (AvgIpc) is 2.14. The summed E-state index contributed by atoms with van der Waals surface area (Å²) in [6.07, 6.45) is 3.52. The fourth-order valence-electron chi connectivity index (χ4n) is 0.408. The highest BCUT2D eigenvalue weighted by Gasteiger charge is 1.77. The van der Waals surface area contributed by atoms with E-state index in [1.54, 1.807) is 10.9 Å². The van der Waals surface area contributed by atoms with E-state index in [-0.39, 0.29) is 12.4 Å². The molecular formula is C4H8ClN3. The van der Waals surface area contributed by atoms with Crippen LogP contribution in [0.3, 0.4) is 0 Å². The standard InChI is InChI=1S/C4H7N3.ClH/c5-4-7-3-1-2-6-7;/h1-3H,4-5H2;1H. The second-order valence-corrected chi connectivity index (χ2v) is 1.23. The van der Waals surface area contributed by atoms with Gasteiger partial charge in [0.1, 0.15) is 0 Å². The summed E-state index contributed by atoms with van der Waals surface area (Å²) in [6, 6.07) is 1.84. The lowest BCUT2D eigenvalue weighted by Gasteiger charge is -1.88. The lowest BCUT2D eigenvalue weighted by molar-refractivity contribution is 0.638. The van der Waals surface area contributed by atoms with Crippen LogP contribution >= 0.6 is 12.4 Å². The monoisotopic (exact) mass is 133 g/mol. The van der Waals surface area contributed by atoms with Crippen LogP contribution in [0.25, 0.3) is 0 Å². The minimum absolute atomic E-state index is 0. The van der Waals surface area contributed by atoms with Crippen molar-refractivity contribution in [2.45, 2.75) is 6.67 Å². The van der Waals surface area contributed by atoms with Gasteiger partial charge in [-0.05, 0) is 6.07 Å². The van der Waals surface area contributed by atoms with Crippen LogP contribution in [-0.2, 0) is 6.67 Å². The van der Waals surface area contributed by atoms with Gasteiger partial charge in [-0.25, -0.2) is 0 Å². The molecule has 0 saturated carbocycles. The van der Waals surface area contributed by atoms with Crippen molar-refractivity contribution in [3.8, 4) is 0 Å². The molecule has 0 aromatic carbocycles. The van der Waals surface area contributed by atoms with Gasteiger partial charge >= 0.3 is 0 Å². The van der Waals surface area contributed by atoms with Gasteiger partial charge in [0.25, 0.3) is 0 Å². The number of aromatic nitrogens is 2. The normalized spacial score (nSPS) is 8.12. The second-order valence-electron chi connectivity index (χ2n) is 1.23. The Morgan fingerprint density at radius 2 is 2.38 bits per heavy atom. The number of nitrogens with two attached hydrogens (primary N) is 1. The van der Waals surface area contributed by atoms with Gasteiger partial charge in [0, 0.05) is 12.4 Å². The zero-order valence-corrected chi connectivity index (χ0v) is 5.14. The van der Waals surface area contributed by atoms with Crippen LogP contribution < -0.4 is 5.73 Å². The molecule has 1 heterocycles. The Bertz CT molecular complexity index is 126. The summed E-state index contributed by atoms with van der Waals surface area (Å²) in [5, 5.41) is 3.83. The molecular weight excluding hydrogens is 126 g/mol. The molecule has 2 N–H and O–H groups in total. The maximum absolute atomic E-state index is 5.19. The quantitative estimate of drug-likeness (QED) is 0.596. The van der Waals surface area contributed by atoms with Crippen LogP contribution in [0, 0.1) is 0 Å². The number of hydrogen-bond donors (Lipinski definition) is 1. The molecule has 1 aromatic rings. The Balaban J connectivity index is 0.000000490. The molecule has 0 amide bonds. The van der Waals surface area contributed by atoms with E-state index in [2.05, 4.69) is 5.10 Å². The highest BCUT2D eigenvalue weighted by molar-refractivity contribution is 5.85. The molecule has 0 radical (unpaired) electrons. The van der Waals surface area contributed by atoms with Gasteiger partial charge in [-0.2, -0.15) is 5.10 Å². The first-order chi connectivity index (χ1) is 3.43. The van der Waals surface area contributed by atoms with E-state index in [1.807, 2.05) is 12.3 Å². The molecule has 3 nitrogen and oxygen atoms in total. The first-order valence-corrected chi connectivity index (χ1v) is 2.11. The third kappa shape index (κ3) is 1.52. The molecule has 1 rings (SSSR count). The molecule has 0 aliphatic carbocycles. The van der Waals surface area contributed by atoms with Gasteiger partial charge in [-0.3, -0.25) is 4.68 Å². The predicted octanol–water partition coefficient (Wildman–Crippen LogP) is 0.221. The van der Waals surface area contributed by atoms with Crippen LogP contribution in [0.5, 0.6) is 0 Å². The maximum atomic E-state index is 5.19. The molecule has 0 bridgehead atoms. The van der Waals surface area contributed by atoms with Crippen molar-refractivity contribution in [2.75, 3.05) is 0 Å². The zero-order valence-electron chi connectivity index (χ0n) is 4.32. The minimum Gasteiger partial charge on any atom is -0.312 e. The number of hydrogen-bond acceptors (Lipinski definition) is 2. The summed E-state index contributed by atoms with van der Waals surface area (Å²) < 4.78 is 1.65. The van der Waals surface area contributed by atoms with Crippen LogP contribution in [-0.4, -0.2) is 9.78 Å². The van der Waals surface area contributed by atoms with Gasteiger partial charge in [0.2, 0.25) is 0 Å². The molecule has 0 atom stereocenters. The average molecular weight is 134 g/mol. The topological polar surface area (TPSA) is 43.8 Å². The van der Waals surface area contributed by atoms with Gasteiger partial charge in [-0.15, -0.1) is 12.4 Å². The van der Waals surface area contributed by atoms with Crippen molar-refractivity contribution in [2.24, 2.45) is 5.73 Å². The van der Waals surface area contributed by atoms with Crippen LogP contribution in [0.2, 0.25) is 0 Å². The number of nitrogens with zero attached hydrogens (tertiary/aromatic N) is 2. The van der Waals surface area contributed by atoms with Crippen LogP contribution in [0.4, 0.5) is 0 Å². The summed E-state index contributed by atoms with van der Waals surface area (Å²) in [5.41, 5.74) is 5.19. The molecule has 0 spiro atoms. The van der Waals surface area contributed by atoms with E-state index in [1.165, 1.54) is 0 Å².